The molecular weight excluding hydrogens is 248 g/mol. The van der Waals surface area contributed by atoms with Crippen LogP contribution in [0.2, 0.25) is 0 Å². The van der Waals surface area contributed by atoms with E-state index in [1.165, 1.54) is 9.35 Å². The lowest BCUT2D eigenvalue weighted by atomic mass is 10.1. The zero-order valence-electron chi connectivity index (χ0n) is 7.35. The molecular formula is C9H13BrN2S. The van der Waals surface area contributed by atoms with Gasteiger partial charge in [0.1, 0.15) is 0 Å². The van der Waals surface area contributed by atoms with Gasteiger partial charge in [-0.2, -0.15) is 0 Å². The van der Waals surface area contributed by atoms with Crippen LogP contribution in [0.1, 0.15) is 4.88 Å². The van der Waals surface area contributed by atoms with Gasteiger partial charge >= 0.3 is 0 Å². The normalized spacial score (nSPS) is 23.3. The zero-order chi connectivity index (χ0) is 9.10. The second-order valence-corrected chi connectivity index (χ2v) is 5.20. The number of thiophene rings is 1. The van der Waals surface area contributed by atoms with Gasteiger partial charge in [0.15, 0.2) is 0 Å². The predicted octanol–water partition coefficient (Wildman–Crippen LogP) is 1.61. The monoisotopic (exact) mass is 260 g/mol. The smallest absolute Gasteiger partial charge is 0.0285 e. The SMILES string of the molecule is Brc1csc(CC2CNCCN2)c1. The Morgan fingerprint density at radius 2 is 2.46 bits per heavy atom. The summed E-state index contributed by atoms with van der Waals surface area (Å²) in [7, 11) is 0. The molecule has 1 aliphatic heterocycles. The molecule has 1 aromatic heterocycles. The van der Waals surface area contributed by atoms with Crippen LogP contribution in [-0.2, 0) is 6.42 Å². The number of hydrogen-bond donors (Lipinski definition) is 2. The average Bonchev–Trinajstić information content (AvgIpc) is 2.53. The van der Waals surface area contributed by atoms with Crippen LogP contribution >= 0.6 is 27.3 Å². The van der Waals surface area contributed by atoms with Gasteiger partial charge in [-0.05, 0) is 28.4 Å². The Morgan fingerprint density at radius 3 is 3.08 bits per heavy atom. The van der Waals surface area contributed by atoms with Crippen molar-refractivity contribution in [3.63, 3.8) is 0 Å². The van der Waals surface area contributed by atoms with Gasteiger partial charge in [-0.25, -0.2) is 0 Å². The third kappa shape index (κ3) is 2.77. The van der Waals surface area contributed by atoms with Gasteiger partial charge in [0.2, 0.25) is 0 Å². The van der Waals surface area contributed by atoms with Crippen LogP contribution in [0.5, 0.6) is 0 Å². The minimum atomic E-state index is 0.610. The highest BCUT2D eigenvalue weighted by molar-refractivity contribution is 9.10. The molecule has 2 N–H and O–H groups in total. The Bertz CT molecular complexity index is 268. The molecule has 0 bridgehead atoms. The molecule has 0 aliphatic carbocycles. The van der Waals surface area contributed by atoms with Gasteiger partial charge in [0.05, 0.1) is 0 Å². The Labute approximate surface area is 90.9 Å². The van der Waals surface area contributed by atoms with Crippen molar-refractivity contribution < 1.29 is 0 Å². The summed E-state index contributed by atoms with van der Waals surface area (Å²) in [5, 5.41) is 9.04. The van der Waals surface area contributed by atoms with E-state index in [2.05, 4.69) is 38.0 Å². The molecule has 1 fully saturated rings. The van der Waals surface area contributed by atoms with Gasteiger partial charge in [-0.1, -0.05) is 0 Å². The van der Waals surface area contributed by atoms with Crippen LogP contribution in [0, 0.1) is 0 Å². The van der Waals surface area contributed by atoms with E-state index in [1.807, 2.05) is 11.3 Å². The van der Waals surface area contributed by atoms with Crippen molar-refractivity contribution in [2.24, 2.45) is 0 Å². The Hall–Kier alpha value is 0.1000. The largest absolute Gasteiger partial charge is 0.314 e. The highest BCUT2D eigenvalue weighted by Crippen LogP contribution is 2.20. The third-order valence-corrected chi connectivity index (χ3v) is 3.91. The van der Waals surface area contributed by atoms with Gasteiger partial charge in [0, 0.05) is 40.4 Å². The second-order valence-electron chi connectivity index (χ2n) is 3.29. The van der Waals surface area contributed by atoms with E-state index in [0.717, 1.165) is 26.1 Å². The number of hydrogen-bond acceptors (Lipinski definition) is 3. The lowest BCUT2D eigenvalue weighted by molar-refractivity contribution is 0.418. The van der Waals surface area contributed by atoms with Gasteiger partial charge in [-0.15, -0.1) is 11.3 Å². The maximum absolute atomic E-state index is 3.51. The summed E-state index contributed by atoms with van der Waals surface area (Å²) in [6.45, 7) is 3.29. The Balaban J connectivity index is 1.89. The summed E-state index contributed by atoms with van der Waals surface area (Å²) in [5.74, 6) is 0. The van der Waals surface area contributed by atoms with Crippen LogP contribution < -0.4 is 10.6 Å². The highest BCUT2D eigenvalue weighted by atomic mass is 79.9. The molecule has 0 spiro atoms. The maximum atomic E-state index is 3.51. The van der Waals surface area contributed by atoms with E-state index in [9.17, 15) is 0 Å². The van der Waals surface area contributed by atoms with Gasteiger partial charge in [-0.3, -0.25) is 0 Å². The molecule has 4 heteroatoms. The standard InChI is InChI=1S/C9H13BrN2S/c10-7-3-9(13-6-7)4-8-5-11-1-2-12-8/h3,6,8,11-12H,1-2,4-5H2. The van der Waals surface area contributed by atoms with Crippen molar-refractivity contribution in [2.45, 2.75) is 12.5 Å². The fourth-order valence-corrected chi connectivity index (χ4v) is 3.09. The molecule has 2 nitrogen and oxygen atoms in total. The van der Waals surface area contributed by atoms with Gasteiger partial charge < -0.3 is 10.6 Å². The van der Waals surface area contributed by atoms with Crippen LogP contribution in [-0.4, -0.2) is 25.7 Å². The lowest BCUT2D eigenvalue weighted by Gasteiger charge is -2.23. The summed E-state index contributed by atoms with van der Waals surface area (Å²) in [4.78, 5) is 1.45. The van der Waals surface area contributed by atoms with E-state index in [1.54, 1.807) is 0 Å². The topological polar surface area (TPSA) is 24.1 Å². The first-order valence-corrected chi connectivity index (χ1v) is 6.19. The molecule has 1 aromatic rings. The molecule has 1 unspecified atom stereocenters. The first kappa shape index (κ1) is 9.65. The third-order valence-electron chi connectivity index (χ3n) is 2.19. The van der Waals surface area contributed by atoms with Crippen LogP contribution in [0.25, 0.3) is 0 Å². The molecule has 13 heavy (non-hydrogen) atoms. The minimum Gasteiger partial charge on any atom is -0.314 e. The summed E-state index contributed by atoms with van der Waals surface area (Å²) in [5.41, 5.74) is 0. The molecule has 72 valence electrons. The molecule has 0 radical (unpaired) electrons. The van der Waals surface area contributed by atoms with Crippen molar-refractivity contribution in [2.75, 3.05) is 19.6 Å². The summed E-state index contributed by atoms with van der Waals surface area (Å²) in [6, 6.07) is 2.82. The summed E-state index contributed by atoms with van der Waals surface area (Å²) < 4.78 is 1.20. The molecule has 2 rings (SSSR count). The quantitative estimate of drug-likeness (QED) is 0.845. The number of nitrogens with one attached hydrogen (secondary N) is 2. The number of halogens is 1. The maximum Gasteiger partial charge on any atom is 0.0285 e. The summed E-state index contributed by atoms with van der Waals surface area (Å²) >= 11 is 5.30. The fourth-order valence-electron chi connectivity index (χ4n) is 1.56. The molecule has 1 atom stereocenters. The van der Waals surface area contributed by atoms with Crippen molar-refractivity contribution in [3.8, 4) is 0 Å². The molecule has 0 aromatic carbocycles. The minimum absolute atomic E-state index is 0.610. The molecule has 1 aliphatic rings. The second kappa shape index (κ2) is 4.55. The first-order valence-electron chi connectivity index (χ1n) is 4.51. The Kier molecular flexibility index (Phi) is 3.38. The van der Waals surface area contributed by atoms with Crippen molar-refractivity contribution in [3.05, 3.63) is 20.8 Å². The molecule has 2 heterocycles. The van der Waals surface area contributed by atoms with E-state index >= 15 is 0 Å². The van der Waals surface area contributed by atoms with E-state index in [0.29, 0.717) is 6.04 Å². The van der Waals surface area contributed by atoms with Gasteiger partial charge in [0.25, 0.3) is 0 Å². The molecule has 0 amide bonds. The van der Waals surface area contributed by atoms with E-state index in [-0.39, 0.29) is 0 Å². The van der Waals surface area contributed by atoms with Crippen LogP contribution in [0.4, 0.5) is 0 Å². The zero-order valence-corrected chi connectivity index (χ0v) is 9.75. The molecule has 1 saturated heterocycles. The van der Waals surface area contributed by atoms with Crippen molar-refractivity contribution >= 4 is 27.3 Å². The first-order chi connectivity index (χ1) is 6.34. The lowest BCUT2D eigenvalue weighted by Crippen LogP contribution is -2.49. The predicted molar refractivity (Wildman–Crippen MR) is 60.4 cm³/mol. The summed E-state index contributed by atoms with van der Waals surface area (Å²) in [6.07, 6.45) is 1.14. The fraction of sp³-hybridized carbons (Fsp3) is 0.556. The number of rotatable bonds is 2. The van der Waals surface area contributed by atoms with Crippen LogP contribution in [0.3, 0.4) is 0 Å². The highest BCUT2D eigenvalue weighted by Gasteiger charge is 2.12. The average molecular weight is 261 g/mol. The van der Waals surface area contributed by atoms with E-state index < -0.39 is 0 Å². The molecule has 0 saturated carbocycles. The van der Waals surface area contributed by atoms with Crippen LogP contribution in [0.15, 0.2) is 15.9 Å². The Morgan fingerprint density at radius 1 is 1.54 bits per heavy atom. The van der Waals surface area contributed by atoms with E-state index in [4.69, 9.17) is 0 Å². The van der Waals surface area contributed by atoms with Crippen molar-refractivity contribution in [1.29, 1.82) is 0 Å². The van der Waals surface area contributed by atoms with Crippen molar-refractivity contribution in [1.82, 2.24) is 10.6 Å². The number of piperazine rings is 1.